The minimum absolute atomic E-state index is 0.0396. The SMILES string of the molecule is CC(=O)N[C@H]1CS(=O)(=O)[C@H]2[C@@H]1[C@H](N=C(N)N)C[C@@H]2C(=O)O.CC(=O)O. The van der Waals surface area contributed by atoms with Crippen molar-refractivity contribution >= 4 is 33.6 Å². The summed E-state index contributed by atoms with van der Waals surface area (Å²) in [7, 11) is -3.63. The van der Waals surface area contributed by atoms with E-state index < -0.39 is 50.9 Å². The Morgan fingerprint density at radius 2 is 1.68 bits per heavy atom. The summed E-state index contributed by atoms with van der Waals surface area (Å²) >= 11 is 0. The highest BCUT2D eigenvalue weighted by Crippen LogP contribution is 2.45. The highest BCUT2D eigenvalue weighted by atomic mass is 32.2. The van der Waals surface area contributed by atoms with Crippen molar-refractivity contribution in [3.8, 4) is 0 Å². The van der Waals surface area contributed by atoms with Gasteiger partial charge in [0, 0.05) is 25.8 Å². The Labute approximate surface area is 144 Å². The summed E-state index contributed by atoms with van der Waals surface area (Å²) < 4.78 is 24.5. The molecule has 0 radical (unpaired) electrons. The number of carbonyl (C=O) groups excluding carboxylic acids is 1. The molecule has 1 amide bonds. The summed E-state index contributed by atoms with van der Waals surface area (Å²) in [6, 6.07) is -1.30. The lowest BCUT2D eigenvalue weighted by Gasteiger charge is -2.21. The minimum atomic E-state index is -3.63. The van der Waals surface area contributed by atoms with E-state index in [9.17, 15) is 23.1 Å². The molecule has 1 heterocycles. The van der Waals surface area contributed by atoms with E-state index in [-0.39, 0.29) is 24.0 Å². The van der Waals surface area contributed by atoms with E-state index in [1.807, 2.05) is 0 Å². The zero-order valence-electron chi connectivity index (χ0n) is 13.7. The lowest BCUT2D eigenvalue weighted by atomic mass is 9.95. The molecular weight excluding hydrogens is 356 g/mol. The van der Waals surface area contributed by atoms with Crippen LogP contribution in [0, 0.1) is 11.8 Å². The molecule has 0 aromatic heterocycles. The number of nitrogens with zero attached hydrogens (tertiary/aromatic N) is 1. The topological polar surface area (TPSA) is 202 Å². The number of carboxylic acid groups (broad SMARTS) is 2. The normalized spacial score (nSPS) is 31.8. The quantitative estimate of drug-likeness (QED) is 0.265. The zero-order valence-corrected chi connectivity index (χ0v) is 14.6. The van der Waals surface area contributed by atoms with Crippen molar-refractivity contribution in [2.45, 2.75) is 37.6 Å². The summed E-state index contributed by atoms with van der Waals surface area (Å²) in [5.74, 6) is -4.60. The van der Waals surface area contributed by atoms with Crippen molar-refractivity contribution in [1.29, 1.82) is 0 Å². The Hall–Kier alpha value is -2.37. The molecule has 1 saturated heterocycles. The molecule has 2 rings (SSSR count). The number of sulfone groups is 1. The summed E-state index contributed by atoms with van der Waals surface area (Å²) in [6.45, 7) is 2.36. The van der Waals surface area contributed by atoms with E-state index >= 15 is 0 Å². The van der Waals surface area contributed by atoms with Gasteiger partial charge in [-0.15, -0.1) is 0 Å². The van der Waals surface area contributed by atoms with E-state index in [4.69, 9.17) is 21.4 Å². The molecule has 7 N–H and O–H groups in total. The van der Waals surface area contributed by atoms with Gasteiger partial charge in [-0.2, -0.15) is 0 Å². The number of fused-ring (bicyclic) bond motifs is 1. The first-order chi connectivity index (χ1) is 11.4. The van der Waals surface area contributed by atoms with Gasteiger partial charge in [0.05, 0.1) is 23.0 Å². The monoisotopic (exact) mass is 378 g/mol. The van der Waals surface area contributed by atoms with Crippen LogP contribution in [0.25, 0.3) is 0 Å². The van der Waals surface area contributed by atoms with Gasteiger partial charge in [-0.05, 0) is 6.42 Å². The highest BCUT2D eigenvalue weighted by Gasteiger charge is 2.60. The first-order valence-electron chi connectivity index (χ1n) is 7.36. The van der Waals surface area contributed by atoms with Gasteiger partial charge in [0.1, 0.15) is 0 Å². The second kappa shape index (κ2) is 7.68. The van der Waals surface area contributed by atoms with Gasteiger partial charge in [-0.3, -0.25) is 14.4 Å². The fourth-order valence-corrected chi connectivity index (χ4v) is 6.07. The van der Waals surface area contributed by atoms with Crippen LogP contribution in [0.3, 0.4) is 0 Å². The maximum atomic E-state index is 12.3. The number of aliphatic carboxylic acids is 2. The van der Waals surface area contributed by atoms with Gasteiger partial charge in [0.25, 0.3) is 5.97 Å². The number of carboxylic acids is 2. The van der Waals surface area contributed by atoms with Crippen LogP contribution in [0.5, 0.6) is 0 Å². The standard InChI is InChI=1S/C11H18N4O5S.C2H4O2/c1-4(16)14-7-3-21(19,20)9-5(10(17)18)2-6(8(7)9)15-11(12)13;1-2(3)4/h5-9H,2-3H2,1H3,(H,14,16)(H,17,18)(H4,12,13,15);1H3,(H,3,4)/t5-,6+,7-,8+,9+;/m0./s1. The molecule has 2 aliphatic rings. The molecule has 0 aromatic carbocycles. The fraction of sp³-hybridized carbons (Fsp3) is 0.692. The second-order valence-electron chi connectivity index (χ2n) is 6.00. The third-order valence-electron chi connectivity index (χ3n) is 4.03. The Bertz CT molecular complexity index is 682. The number of hydrogen-bond acceptors (Lipinski definition) is 6. The average Bonchev–Trinajstić information content (AvgIpc) is 2.86. The van der Waals surface area contributed by atoms with Gasteiger partial charge in [-0.25, -0.2) is 13.4 Å². The molecule has 11 nitrogen and oxygen atoms in total. The third-order valence-corrected chi connectivity index (χ3v) is 6.32. The molecule has 12 heteroatoms. The highest BCUT2D eigenvalue weighted by molar-refractivity contribution is 7.92. The lowest BCUT2D eigenvalue weighted by molar-refractivity contribution is -0.141. The van der Waals surface area contributed by atoms with E-state index in [1.54, 1.807) is 0 Å². The molecule has 142 valence electrons. The Morgan fingerprint density at radius 1 is 1.16 bits per heavy atom. The van der Waals surface area contributed by atoms with E-state index in [0.717, 1.165) is 6.92 Å². The van der Waals surface area contributed by atoms with Crippen molar-refractivity contribution in [3.63, 3.8) is 0 Å². The smallest absolute Gasteiger partial charge is 0.307 e. The number of aliphatic imine (C=N–C) groups is 1. The van der Waals surface area contributed by atoms with Crippen molar-refractivity contribution in [1.82, 2.24) is 5.32 Å². The number of nitrogens with two attached hydrogens (primary N) is 2. The number of guanidine groups is 1. The largest absolute Gasteiger partial charge is 0.481 e. The number of amides is 1. The number of hydrogen-bond donors (Lipinski definition) is 5. The molecule has 0 spiro atoms. The van der Waals surface area contributed by atoms with E-state index in [0.29, 0.717) is 0 Å². The Balaban J connectivity index is 0.000000705. The predicted octanol–water partition coefficient (Wildman–Crippen LogP) is -2.26. The van der Waals surface area contributed by atoms with Gasteiger partial charge in [-0.1, -0.05) is 0 Å². The van der Waals surface area contributed by atoms with Crippen LogP contribution in [-0.2, 0) is 24.2 Å². The van der Waals surface area contributed by atoms with Crippen molar-refractivity contribution < 1.29 is 33.0 Å². The van der Waals surface area contributed by atoms with Crippen molar-refractivity contribution in [2.24, 2.45) is 28.3 Å². The molecule has 1 saturated carbocycles. The molecule has 0 unspecified atom stereocenters. The maximum Gasteiger partial charge on any atom is 0.307 e. The second-order valence-corrected chi connectivity index (χ2v) is 8.20. The Morgan fingerprint density at radius 3 is 2.08 bits per heavy atom. The summed E-state index contributed by atoms with van der Waals surface area (Å²) in [6.07, 6.45) is 0.0396. The first-order valence-corrected chi connectivity index (χ1v) is 9.08. The molecule has 1 aliphatic carbocycles. The lowest BCUT2D eigenvalue weighted by Crippen LogP contribution is -2.43. The zero-order chi connectivity index (χ0) is 19.5. The average molecular weight is 378 g/mol. The molecular formula is C13H22N4O7S. The van der Waals surface area contributed by atoms with Crippen LogP contribution in [0.15, 0.2) is 4.99 Å². The van der Waals surface area contributed by atoms with Crippen LogP contribution >= 0.6 is 0 Å². The van der Waals surface area contributed by atoms with Crippen LogP contribution in [-0.4, -0.2) is 65.5 Å². The molecule has 1 aliphatic heterocycles. The van der Waals surface area contributed by atoms with Crippen LogP contribution < -0.4 is 16.8 Å². The minimum Gasteiger partial charge on any atom is -0.481 e. The summed E-state index contributed by atoms with van der Waals surface area (Å²) in [5, 5.41) is 18.2. The van der Waals surface area contributed by atoms with Gasteiger partial charge in [0.2, 0.25) is 5.91 Å². The van der Waals surface area contributed by atoms with Crippen molar-refractivity contribution in [2.75, 3.05) is 5.75 Å². The van der Waals surface area contributed by atoms with Gasteiger partial charge in [0.15, 0.2) is 15.8 Å². The molecule has 0 bridgehead atoms. The first kappa shape index (κ1) is 20.7. The fourth-order valence-electron chi connectivity index (χ4n) is 3.47. The molecule has 5 atom stereocenters. The number of carbonyl (C=O) groups is 3. The van der Waals surface area contributed by atoms with Gasteiger partial charge < -0.3 is 27.0 Å². The van der Waals surface area contributed by atoms with Gasteiger partial charge >= 0.3 is 5.97 Å². The van der Waals surface area contributed by atoms with E-state index in [2.05, 4.69) is 10.3 Å². The number of rotatable bonds is 3. The Kier molecular flexibility index (Phi) is 6.35. The summed E-state index contributed by atoms with van der Waals surface area (Å²) in [4.78, 5) is 35.5. The maximum absolute atomic E-state index is 12.3. The third kappa shape index (κ3) is 5.05. The summed E-state index contributed by atoms with van der Waals surface area (Å²) in [5.41, 5.74) is 10.7. The van der Waals surface area contributed by atoms with Crippen LogP contribution in [0.1, 0.15) is 20.3 Å². The molecule has 25 heavy (non-hydrogen) atoms. The van der Waals surface area contributed by atoms with Crippen LogP contribution in [0.2, 0.25) is 0 Å². The molecule has 0 aromatic rings. The molecule has 2 fully saturated rings. The number of nitrogens with one attached hydrogen (secondary N) is 1. The predicted molar refractivity (Wildman–Crippen MR) is 87.3 cm³/mol. The van der Waals surface area contributed by atoms with Crippen LogP contribution in [0.4, 0.5) is 0 Å². The van der Waals surface area contributed by atoms with Crippen molar-refractivity contribution in [3.05, 3.63) is 0 Å². The van der Waals surface area contributed by atoms with E-state index in [1.165, 1.54) is 6.92 Å².